The van der Waals surface area contributed by atoms with Crippen molar-refractivity contribution < 1.29 is 14.3 Å². The van der Waals surface area contributed by atoms with E-state index in [1.54, 1.807) is 19.4 Å². The molecule has 2 aromatic heterocycles. The largest absolute Gasteiger partial charge is 0.493 e. The van der Waals surface area contributed by atoms with Crippen molar-refractivity contribution >= 4 is 17.1 Å². The van der Waals surface area contributed by atoms with Gasteiger partial charge in [0.05, 0.1) is 25.0 Å². The van der Waals surface area contributed by atoms with Gasteiger partial charge in [-0.05, 0) is 38.0 Å². The van der Waals surface area contributed by atoms with E-state index in [9.17, 15) is 4.79 Å². The van der Waals surface area contributed by atoms with E-state index in [4.69, 9.17) is 9.47 Å². The van der Waals surface area contributed by atoms with Crippen LogP contribution >= 0.6 is 0 Å². The minimum absolute atomic E-state index is 0.181. The van der Waals surface area contributed by atoms with E-state index >= 15 is 0 Å². The number of amides is 1. The predicted molar refractivity (Wildman–Crippen MR) is 110 cm³/mol. The van der Waals surface area contributed by atoms with Crippen molar-refractivity contribution in [3.63, 3.8) is 0 Å². The summed E-state index contributed by atoms with van der Waals surface area (Å²) in [6.45, 7) is 2.23. The lowest BCUT2D eigenvalue weighted by Gasteiger charge is -2.16. The number of fused-ring (bicyclic) bond motifs is 1. The van der Waals surface area contributed by atoms with Crippen LogP contribution < -0.4 is 14.8 Å². The Morgan fingerprint density at radius 2 is 2.00 bits per heavy atom. The molecule has 0 spiro atoms. The number of benzene rings is 1. The van der Waals surface area contributed by atoms with E-state index in [0.29, 0.717) is 29.7 Å². The number of pyridine rings is 1. The molecule has 2 heterocycles. The molecule has 1 amide bonds. The molecule has 3 aromatic rings. The van der Waals surface area contributed by atoms with Gasteiger partial charge in [0.25, 0.3) is 5.91 Å². The second-order valence-corrected chi connectivity index (χ2v) is 7.49. The van der Waals surface area contributed by atoms with E-state index < -0.39 is 0 Å². The molecule has 7 nitrogen and oxygen atoms in total. The average Bonchev–Trinajstić information content (AvgIpc) is 3.41. The topological polar surface area (TPSA) is 78.3 Å². The van der Waals surface area contributed by atoms with Gasteiger partial charge in [0.1, 0.15) is 12.1 Å². The number of ether oxygens (including phenoxy) is 2. The summed E-state index contributed by atoms with van der Waals surface area (Å²) in [5.74, 6) is 1.13. The predicted octanol–water partition coefficient (Wildman–Crippen LogP) is 3.75. The zero-order valence-corrected chi connectivity index (χ0v) is 16.8. The fourth-order valence-electron chi connectivity index (χ4n) is 3.79. The van der Waals surface area contributed by atoms with Gasteiger partial charge < -0.3 is 19.4 Å². The number of carbonyl (C=O) groups is 1. The molecule has 4 rings (SSSR count). The van der Waals surface area contributed by atoms with Gasteiger partial charge in [0, 0.05) is 12.2 Å². The first-order chi connectivity index (χ1) is 14.2. The molecular formula is C22H26N4O3. The molecule has 1 aliphatic carbocycles. The number of nitrogens with zero attached hydrogens (tertiary/aromatic N) is 3. The number of imidazole rings is 1. The van der Waals surface area contributed by atoms with Crippen molar-refractivity contribution in [2.45, 2.75) is 44.7 Å². The number of methoxy groups -OCH3 is 1. The minimum atomic E-state index is -0.189. The fourth-order valence-corrected chi connectivity index (χ4v) is 3.79. The van der Waals surface area contributed by atoms with Crippen LogP contribution in [0.5, 0.6) is 11.5 Å². The fraction of sp³-hybridized carbons (Fsp3) is 0.409. The summed E-state index contributed by atoms with van der Waals surface area (Å²) < 4.78 is 13.2. The summed E-state index contributed by atoms with van der Waals surface area (Å²) in [7, 11) is 1.60. The van der Waals surface area contributed by atoms with Crippen molar-refractivity contribution in [1.82, 2.24) is 19.9 Å². The summed E-state index contributed by atoms with van der Waals surface area (Å²) >= 11 is 0. The van der Waals surface area contributed by atoms with Crippen LogP contribution in [0.15, 0.2) is 42.9 Å². The first-order valence-corrected chi connectivity index (χ1v) is 10.0. The van der Waals surface area contributed by atoms with Crippen LogP contribution in [0.25, 0.3) is 11.2 Å². The van der Waals surface area contributed by atoms with Crippen molar-refractivity contribution in [2.75, 3.05) is 13.7 Å². The highest BCUT2D eigenvalue weighted by Gasteiger charge is 2.20. The maximum Gasteiger partial charge on any atom is 0.253 e. The maximum atomic E-state index is 12.6. The number of aromatic nitrogens is 3. The lowest BCUT2D eigenvalue weighted by Crippen LogP contribution is -2.36. The van der Waals surface area contributed by atoms with Gasteiger partial charge in [-0.2, -0.15) is 0 Å². The number of carbonyl (C=O) groups excluding carboxylic acids is 1. The quantitative estimate of drug-likeness (QED) is 0.660. The Morgan fingerprint density at radius 1 is 1.24 bits per heavy atom. The molecule has 29 heavy (non-hydrogen) atoms. The van der Waals surface area contributed by atoms with E-state index in [2.05, 4.69) is 19.9 Å². The highest BCUT2D eigenvalue weighted by Crippen LogP contribution is 2.31. The van der Waals surface area contributed by atoms with Crippen LogP contribution in [-0.4, -0.2) is 40.2 Å². The molecule has 0 bridgehead atoms. The monoisotopic (exact) mass is 394 g/mol. The Hall–Kier alpha value is -3.09. The highest BCUT2D eigenvalue weighted by atomic mass is 16.5. The number of hydrogen-bond donors (Lipinski definition) is 1. The third kappa shape index (κ3) is 4.18. The highest BCUT2D eigenvalue weighted by molar-refractivity contribution is 5.96. The molecule has 152 valence electrons. The van der Waals surface area contributed by atoms with Gasteiger partial charge in [-0.1, -0.05) is 25.0 Å². The number of nitrogens with one attached hydrogen (secondary N) is 1. The standard InChI is InChI=1S/C22H26N4O3/c1-15(13-29-20-10-6-5-9-19(20)28-2)25-22(27)16-11-18-21(23-12-16)26(14-24-18)17-7-3-4-8-17/h5-6,9-12,14-15,17H,3-4,7-8,13H2,1-2H3,(H,25,27). The first-order valence-electron chi connectivity index (χ1n) is 10.0. The van der Waals surface area contributed by atoms with Crippen LogP contribution in [0.3, 0.4) is 0 Å². The third-order valence-corrected chi connectivity index (χ3v) is 5.33. The van der Waals surface area contributed by atoms with Crippen molar-refractivity contribution in [1.29, 1.82) is 0 Å². The van der Waals surface area contributed by atoms with Crippen LogP contribution in [0.2, 0.25) is 0 Å². The molecule has 0 radical (unpaired) electrons. The van der Waals surface area contributed by atoms with Gasteiger partial charge in [-0.15, -0.1) is 0 Å². The van der Waals surface area contributed by atoms with Gasteiger partial charge >= 0.3 is 0 Å². The Kier molecular flexibility index (Phi) is 5.64. The number of hydrogen-bond acceptors (Lipinski definition) is 5. The Morgan fingerprint density at radius 3 is 2.76 bits per heavy atom. The zero-order chi connectivity index (χ0) is 20.2. The van der Waals surface area contributed by atoms with Crippen LogP contribution in [-0.2, 0) is 0 Å². The lowest BCUT2D eigenvalue weighted by molar-refractivity contribution is 0.0926. The summed E-state index contributed by atoms with van der Waals surface area (Å²) in [5.41, 5.74) is 2.10. The summed E-state index contributed by atoms with van der Waals surface area (Å²) in [6.07, 6.45) is 8.30. The third-order valence-electron chi connectivity index (χ3n) is 5.33. The molecule has 1 fully saturated rings. The van der Waals surface area contributed by atoms with Gasteiger partial charge in [0.15, 0.2) is 17.1 Å². The normalized spacial score (nSPS) is 15.4. The number of rotatable bonds is 7. The smallest absolute Gasteiger partial charge is 0.253 e. The summed E-state index contributed by atoms with van der Waals surface area (Å²) in [5, 5.41) is 2.95. The van der Waals surface area contributed by atoms with Gasteiger partial charge in [-0.25, -0.2) is 9.97 Å². The SMILES string of the molecule is COc1ccccc1OCC(C)NC(=O)c1cnc2c(c1)ncn2C1CCCC1. The van der Waals surface area contributed by atoms with Crippen molar-refractivity contribution in [2.24, 2.45) is 0 Å². The molecule has 0 saturated heterocycles. The van der Waals surface area contributed by atoms with E-state index in [-0.39, 0.29) is 11.9 Å². The van der Waals surface area contributed by atoms with Crippen LogP contribution in [0, 0.1) is 0 Å². The van der Waals surface area contributed by atoms with Crippen molar-refractivity contribution in [3.8, 4) is 11.5 Å². The Bertz CT molecular complexity index is 995. The molecular weight excluding hydrogens is 368 g/mol. The van der Waals surface area contributed by atoms with E-state index in [1.165, 1.54) is 25.7 Å². The molecule has 1 N–H and O–H groups in total. The molecule has 1 aromatic carbocycles. The molecule has 1 aliphatic rings. The van der Waals surface area contributed by atoms with E-state index in [0.717, 1.165) is 11.2 Å². The second kappa shape index (κ2) is 8.51. The molecule has 7 heteroatoms. The average molecular weight is 394 g/mol. The minimum Gasteiger partial charge on any atom is -0.493 e. The lowest BCUT2D eigenvalue weighted by atomic mass is 10.2. The zero-order valence-electron chi connectivity index (χ0n) is 16.8. The summed E-state index contributed by atoms with van der Waals surface area (Å²) in [4.78, 5) is 21.6. The maximum absolute atomic E-state index is 12.6. The molecule has 0 aliphatic heterocycles. The van der Waals surface area contributed by atoms with Gasteiger partial charge in [-0.3, -0.25) is 4.79 Å². The first kappa shape index (κ1) is 19.2. The Labute approximate surface area is 170 Å². The summed E-state index contributed by atoms with van der Waals surface area (Å²) in [6, 6.07) is 9.53. The molecule has 1 atom stereocenters. The van der Waals surface area contributed by atoms with Crippen LogP contribution in [0.4, 0.5) is 0 Å². The number of para-hydroxylation sites is 2. The second-order valence-electron chi connectivity index (χ2n) is 7.49. The Balaban J connectivity index is 1.39. The van der Waals surface area contributed by atoms with E-state index in [1.807, 2.05) is 37.5 Å². The van der Waals surface area contributed by atoms with Crippen molar-refractivity contribution in [3.05, 3.63) is 48.4 Å². The van der Waals surface area contributed by atoms with Gasteiger partial charge in [0.2, 0.25) is 0 Å². The molecule has 1 unspecified atom stereocenters. The molecule has 1 saturated carbocycles. The van der Waals surface area contributed by atoms with Crippen LogP contribution in [0.1, 0.15) is 49.0 Å².